The van der Waals surface area contributed by atoms with Crippen molar-refractivity contribution in [1.29, 1.82) is 0 Å². The van der Waals surface area contributed by atoms with Crippen LogP contribution in [0.2, 0.25) is 0 Å². The largest absolute Gasteiger partial charge is 0.497 e. The van der Waals surface area contributed by atoms with Gasteiger partial charge in [-0.25, -0.2) is 4.98 Å². The van der Waals surface area contributed by atoms with E-state index in [-0.39, 0.29) is 13.2 Å². The third-order valence-electron chi connectivity index (χ3n) is 5.05. The summed E-state index contributed by atoms with van der Waals surface area (Å²) >= 11 is 0. The highest BCUT2D eigenvalue weighted by Crippen LogP contribution is 2.34. The molecule has 0 aliphatic rings. The lowest BCUT2D eigenvalue weighted by atomic mass is 10.2. The van der Waals surface area contributed by atoms with E-state index in [2.05, 4.69) is 9.97 Å². The number of anilines is 2. The Balaban J connectivity index is 1.77. The molecule has 0 amide bonds. The number of nitrogens with zero attached hydrogens (tertiary/aromatic N) is 4. The van der Waals surface area contributed by atoms with Gasteiger partial charge in [-0.3, -0.25) is 14.2 Å². The van der Waals surface area contributed by atoms with Crippen molar-refractivity contribution in [3.63, 3.8) is 0 Å². The lowest BCUT2D eigenvalue weighted by Gasteiger charge is -2.26. The van der Waals surface area contributed by atoms with Crippen LogP contribution in [-0.4, -0.2) is 57.0 Å². The average Bonchev–Trinajstić information content (AvgIpc) is 2.85. The summed E-state index contributed by atoms with van der Waals surface area (Å²) in [5, 5.41) is 0. The molecule has 2 heterocycles. The second-order valence-electron chi connectivity index (χ2n) is 7.42. The number of aromatic nitrogens is 3. The number of fused-ring (bicyclic) bond motifs is 1. The molecule has 0 aliphatic carbocycles. The fourth-order valence-corrected chi connectivity index (χ4v) is 3.83. The molecule has 0 unspecified atom stereocenters. The fourth-order valence-electron chi connectivity index (χ4n) is 3.46. The minimum atomic E-state index is -3.59. The van der Waals surface area contributed by atoms with E-state index in [4.69, 9.17) is 18.6 Å². The molecule has 0 spiro atoms. The zero-order chi connectivity index (χ0) is 24.1. The van der Waals surface area contributed by atoms with E-state index in [9.17, 15) is 8.42 Å². The van der Waals surface area contributed by atoms with Crippen molar-refractivity contribution in [2.24, 2.45) is 0 Å². The number of hydrogen-bond donors (Lipinski definition) is 0. The lowest BCUT2D eigenvalue weighted by Crippen LogP contribution is -2.23. The quantitative estimate of drug-likeness (QED) is 0.331. The van der Waals surface area contributed by atoms with E-state index >= 15 is 0 Å². The van der Waals surface area contributed by atoms with E-state index in [0.29, 0.717) is 22.7 Å². The number of hydrogen-bond acceptors (Lipinski definition) is 9. The van der Waals surface area contributed by atoms with Gasteiger partial charge in [-0.1, -0.05) is 0 Å². The first-order valence-electron chi connectivity index (χ1n) is 10.4. The molecule has 0 bridgehead atoms. The molecule has 0 saturated carbocycles. The predicted molar refractivity (Wildman–Crippen MR) is 130 cm³/mol. The van der Waals surface area contributed by atoms with Crippen LogP contribution in [0.4, 0.5) is 11.4 Å². The van der Waals surface area contributed by atoms with Gasteiger partial charge in [0.05, 0.1) is 50.0 Å². The molecule has 0 N–H and O–H groups in total. The van der Waals surface area contributed by atoms with Crippen LogP contribution in [0.3, 0.4) is 0 Å². The van der Waals surface area contributed by atoms with Crippen LogP contribution in [0, 0.1) is 0 Å². The van der Waals surface area contributed by atoms with Crippen LogP contribution >= 0.6 is 0 Å². The molecule has 0 fully saturated rings. The topological polar surface area (TPSA) is 104 Å². The SMILES string of the molecule is COc1cc(OC)cc(N(CCOS(C)(=O)=O)c2ccc3ncc(-c4cccnc4)nc3c2)c1. The maximum Gasteiger partial charge on any atom is 0.264 e. The maximum atomic E-state index is 11.5. The summed E-state index contributed by atoms with van der Waals surface area (Å²) in [5.41, 5.74) is 4.49. The van der Waals surface area contributed by atoms with Gasteiger partial charge in [-0.2, -0.15) is 8.42 Å². The Hall–Kier alpha value is -3.76. The Morgan fingerprint density at radius 1 is 0.912 bits per heavy atom. The second kappa shape index (κ2) is 10.0. The minimum Gasteiger partial charge on any atom is -0.497 e. The van der Waals surface area contributed by atoms with Crippen LogP contribution in [0.15, 0.2) is 67.1 Å². The monoisotopic (exact) mass is 480 g/mol. The highest BCUT2D eigenvalue weighted by atomic mass is 32.2. The van der Waals surface area contributed by atoms with Crippen molar-refractivity contribution in [3.8, 4) is 22.8 Å². The molecular weight excluding hydrogens is 456 g/mol. The summed E-state index contributed by atoms with van der Waals surface area (Å²) < 4.78 is 38.9. The molecule has 0 aliphatic heterocycles. The smallest absolute Gasteiger partial charge is 0.264 e. The summed E-state index contributed by atoms with van der Waals surface area (Å²) in [5.74, 6) is 1.20. The Labute approximate surface area is 198 Å². The molecule has 0 saturated heterocycles. The lowest BCUT2D eigenvalue weighted by molar-refractivity contribution is 0.330. The zero-order valence-corrected chi connectivity index (χ0v) is 19.8. The Bertz CT molecular complexity index is 1380. The number of ether oxygens (including phenoxy) is 2. The van der Waals surface area contributed by atoms with Gasteiger partial charge in [0.2, 0.25) is 0 Å². The molecule has 4 aromatic rings. The number of pyridine rings is 1. The van der Waals surface area contributed by atoms with E-state index in [1.54, 1.807) is 38.9 Å². The molecule has 9 nitrogen and oxygen atoms in total. The summed E-state index contributed by atoms with van der Waals surface area (Å²) in [7, 11) is -0.444. The van der Waals surface area contributed by atoms with Crippen LogP contribution in [0.1, 0.15) is 0 Å². The second-order valence-corrected chi connectivity index (χ2v) is 9.06. The third-order valence-corrected chi connectivity index (χ3v) is 5.65. The molecule has 4 rings (SSSR count). The highest BCUT2D eigenvalue weighted by molar-refractivity contribution is 7.85. The van der Waals surface area contributed by atoms with E-state index in [1.807, 2.05) is 47.4 Å². The number of rotatable bonds is 9. The maximum absolute atomic E-state index is 11.5. The van der Waals surface area contributed by atoms with Crippen molar-refractivity contribution in [2.45, 2.75) is 0 Å². The van der Waals surface area contributed by atoms with Crippen LogP contribution < -0.4 is 14.4 Å². The number of benzene rings is 2. The Morgan fingerprint density at radius 3 is 2.32 bits per heavy atom. The molecule has 176 valence electrons. The first-order valence-corrected chi connectivity index (χ1v) is 12.2. The minimum absolute atomic E-state index is 0.0439. The van der Waals surface area contributed by atoms with Gasteiger partial charge in [-0.15, -0.1) is 0 Å². The van der Waals surface area contributed by atoms with Gasteiger partial charge in [0, 0.05) is 54.1 Å². The van der Waals surface area contributed by atoms with Gasteiger partial charge in [0.1, 0.15) is 11.5 Å². The molecule has 10 heteroatoms. The van der Waals surface area contributed by atoms with Crippen molar-refractivity contribution in [3.05, 3.63) is 67.1 Å². The predicted octanol–water partition coefficient (Wildman–Crippen LogP) is 3.82. The molecule has 2 aromatic heterocycles. The van der Waals surface area contributed by atoms with Crippen molar-refractivity contribution < 1.29 is 22.1 Å². The Kier molecular flexibility index (Phi) is 6.90. The van der Waals surface area contributed by atoms with Crippen LogP contribution in [-0.2, 0) is 14.3 Å². The van der Waals surface area contributed by atoms with Gasteiger partial charge in [-0.05, 0) is 30.3 Å². The molecule has 0 atom stereocenters. The first kappa shape index (κ1) is 23.4. The summed E-state index contributed by atoms with van der Waals surface area (Å²) in [6, 6.07) is 14.9. The molecular formula is C24H24N4O5S. The summed E-state index contributed by atoms with van der Waals surface area (Å²) in [4.78, 5) is 15.4. The van der Waals surface area contributed by atoms with Crippen molar-refractivity contribution in [1.82, 2.24) is 15.0 Å². The highest BCUT2D eigenvalue weighted by Gasteiger charge is 2.15. The molecule has 0 radical (unpaired) electrons. The van der Waals surface area contributed by atoms with E-state index in [1.165, 1.54) is 0 Å². The van der Waals surface area contributed by atoms with Crippen molar-refractivity contribution >= 4 is 32.5 Å². The van der Waals surface area contributed by atoms with Crippen molar-refractivity contribution in [2.75, 3.05) is 38.5 Å². The molecule has 2 aromatic carbocycles. The van der Waals surface area contributed by atoms with Gasteiger partial charge in [0.25, 0.3) is 10.1 Å². The fraction of sp³-hybridized carbons (Fsp3) is 0.208. The Morgan fingerprint density at radius 2 is 1.68 bits per heavy atom. The summed E-state index contributed by atoms with van der Waals surface area (Å²) in [6.45, 7) is 0.211. The zero-order valence-electron chi connectivity index (χ0n) is 19.0. The molecule has 34 heavy (non-hydrogen) atoms. The summed E-state index contributed by atoms with van der Waals surface area (Å²) in [6.07, 6.45) is 6.17. The van der Waals surface area contributed by atoms with Crippen LogP contribution in [0.25, 0.3) is 22.3 Å². The average molecular weight is 481 g/mol. The third kappa shape index (κ3) is 5.59. The van der Waals surface area contributed by atoms with Gasteiger partial charge < -0.3 is 14.4 Å². The van der Waals surface area contributed by atoms with Gasteiger partial charge in [0.15, 0.2) is 0 Å². The van der Waals surface area contributed by atoms with Crippen LogP contribution in [0.5, 0.6) is 11.5 Å². The van der Waals surface area contributed by atoms with E-state index < -0.39 is 10.1 Å². The normalized spacial score (nSPS) is 11.4. The van der Waals surface area contributed by atoms with E-state index in [0.717, 1.165) is 28.7 Å². The first-order chi connectivity index (χ1) is 16.4. The van der Waals surface area contributed by atoms with Gasteiger partial charge >= 0.3 is 0 Å². The standard InChI is InChI=1S/C24H24N4O5S/c1-31-20-11-19(12-21(14-20)32-2)28(9-10-33-34(3,29)30)18-6-7-22-23(13-18)27-24(16-26-22)17-5-4-8-25-15-17/h4-8,11-16H,9-10H2,1-3H3. The number of methoxy groups -OCH3 is 2.